The van der Waals surface area contributed by atoms with Crippen molar-refractivity contribution >= 4 is 32.7 Å². The molecule has 0 heterocycles. The maximum Gasteiger partial charge on any atom is 0.264 e. The van der Waals surface area contributed by atoms with Gasteiger partial charge in [-0.25, -0.2) is 0 Å². The third-order valence-electron chi connectivity index (χ3n) is 2.61. The Morgan fingerprint density at radius 3 is 2.60 bits per heavy atom. The van der Waals surface area contributed by atoms with Crippen molar-refractivity contribution in [1.82, 2.24) is 4.90 Å². The lowest BCUT2D eigenvalue weighted by Crippen LogP contribution is -2.36. The molecule has 1 atom stereocenters. The molecule has 6 heteroatoms. The molecule has 1 unspecified atom stereocenters. The molecule has 0 aliphatic carbocycles. The van der Waals surface area contributed by atoms with Crippen LogP contribution >= 0.6 is 22.6 Å². The van der Waals surface area contributed by atoms with Crippen LogP contribution in [0, 0.1) is 12.3 Å². The molecule has 0 aliphatic rings. The molecule has 0 spiro atoms. The summed E-state index contributed by atoms with van der Waals surface area (Å²) in [5.41, 5.74) is 1.22. The number of benzene rings is 1. The van der Waals surface area contributed by atoms with E-state index in [4.69, 9.17) is 10.6 Å². The van der Waals surface area contributed by atoms with Crippen molar-refractivity contribution in [2.75, 3.05) is 26.0 Å². The lowest BCUT2D eigenvalue weighted by molar-refractivity contribution is 0.224. The van der Waals surface area contributed by atoms with Crippen LogP contribution in [0.25, 0.3) is 0 Å². The summed E-state index contributed by atoms with van der Waals surface area (Å²) in [6.45, 7) is 1.07. The average Bonchev–Trinajstić information content (AvgIpc) is 2.37. The van der Waals surface area contributed by atoms with Gasteiger partial charge in [0.25, 0.3) is 10.1 Å². The lowest BCUT2D eigenvalue weighted by Gasteiger charge is -2.25. The van der Waals surface area contributed by atoms with Gasteiger partial charge in [-0.15, -0.1) is 6.42 Å². The minimum Gasteiger partial charge on any atom is -0.278 e. The quantitative estimate of drug-likeness (QED) is 0.217. The van der Waals surface area contributed by atoms with Gasteiger partial charge in [0.1, 0.15) is 0 Å². The maximum atomic E-state index is 10.9. The highest BCUT2D eigenvalue weighted by Crippen LogP contribution is 2.14. The zero-order valence-corrected chi connectivity index (χ0v) is 14.3. The highest BCUT2D eigenvalue weighted by molar-refractivity contribution is 14.1. The van der Waals surface area contributed by atoms with Gasteiger partial charge < -0.3 is 0 Å². The first-order valence-electron chi connectivity index (χ1n) is 6.12. The van der Waals surface area contributed by atoms with E-state index in [0.717, 1.165) is 12.7 Å². The molecule has 0 aromatic heterocycles. The molecule has 0 aliphatic heterocycles. The summed E-state index contributed by atoms with van der Waals surface area (Å²) in [5.74, 6) is 2.60. The second-order valence-electron chi connectivity index (χ2n) is 4.32. The number of alkyl halides is 1. The Hall–Kier alpha value is -0.620. The van der Waals surface area contributed by atoms with Gasteiger partial charge in [-0.2, -0.15) is 8.42 Å². The van der Waals surface area contributed by atoms with Gasteiger partial charge in [0, 0.05) is 6.54 Å². The number of terminal acetylenes is 1. The van der Waals surface area contributed by atoms with E-state index in [1.165, 1.54) is 5.56 Å². The summed E-state index contributed by atoms with van der Waals surface area (Å²) < 4.78 is 26.9. The number of halogens is 1. The molecule has 0 radical (unpaired) electrons. The molecule has 0 saturated carbocycles. The van der Waals surface area contributed by atoms with Crippen LogP contribution in [0.1, 0.15) is 5.56 Å². The van der Waals surface area contributed by atoms with E-state index >= 15 is 0 Å². The van der Waals surface area contributed by atoms with Gasteiger partial charge in [0.15, 0.2) is 0 Å². The second-order valence-corrected chi connectivity index (χ2v) is 7.41. The van der Waals surface area contributed by atoms with Gasteiger partial charge >= 0.3 is 0 Å². The van der Waals surface area contributed by atoms with E-state index in [0.29, 0.717) is 13.1 Å². The Balaban J connectivity index is 2.54. The number of hydrogen-bond donors (Lipinski definition) is 0. The molecule has 110 valence electrons. The van der Waals surface area contributed by atoms with Crippen molar-refractivity contribution in [3.63, 3.8) is 0 Å². The maximum absolute atomic E-state index is 10.9. The smallest absolute Gasteiger partial charge is 0.264 e. The van der Waals surface area contributed by atoms with Crippen molar-refractivity contribution in [1.29, 1.82) is 0 Å². The van der Waals surface area contributed by atoms with E-state index in [-0.39, 0.29) is 10.7 Å². The van der Waals surface area contributed by atoms with Crippen molar-refractivity contribution in [3.8, 4) is 12.3 Å². The predicted octanol–water partition coefficient (Wildman–Crippen LogP) is 1.90. The van der Waals surface area contributed by atoms with E-state index < -0.39 is 10.1 Å². The fourth-order valence-electron chi connectivity index (χ4n) is 1.68. The average molecular weight is 407 g/mol. The Kier molecular flexibility index (Phi) is 7.51. The number of hydrogen-bond acceptors (Lipinski definition) is 4. The summed E-state index contributed by atoms with van der Waals surface area (Å²) in [6.07, 6.45) is 7.26. The molecule has 0 N–H and O–H groups in total. The SMILES string of the molecule is C#CCN(CCOS(C)(=O)=O)C(I)Cc1ccccc1. The minimum absolute atomic E-state index is 0.120. The van der Waals surface area contributed by atoms with Gasteiger partial charge in [0.2, 0.25) is 0 Å². The lowest BCUT2D eigenvalue weighted by atomic mass is 10.1. The number of rotatable bonds is 8. The molecule has 0 amide bonds. The molecule has 0 fully saturated rings. The Morgan fingerprint density at radius 1 is 1.40 bits per heavy atom. The van der Waals surface area contributed by atoms with Crippen LogP contribution in [-0.2, 0) is 20.7 Å². The van der Waals surface area contributed by atoms with Crippen LogP contribution in [0.5, 0.6) is 0 Å². The van der Waals surface area contributed by atoms with Crippen molar-refractivity contribution in [3.05, 3.63) is 35.9 Å². The van der Waals surface area contributed by atoms with Gasteiger partial charge in [0.05, 0.1) is 23.5 Å². The summed E-state index contributed by atoms with van der Waals surface area (Å²) in [5, 5.41) is 0. The van der Waals surface area contributed by atoms with Crippen LogP contribution in [-0.4, -0.2) is 43.3 Å². The van der Waals surface area contributed by atoms with Gasteiger partial charge in [-0.3, -0.25) is 9.08 Å². The summed E-state index contributed by atoms with van der Waals surface area (Å²) in [7, 11) is -3.40. The molecule has 1 aromatic carbocycles. The molecule has 1 aromatic rings. The van der Waals surface area contributed by atoms with Crippen LogP contribution < -0.4 is 0 Å². The van der Waals surface area contributed by atoms with Crippen LogP contribution in [0.3, 0.4) is 0 Å². The molecule has 1 rings (SSSR count). The molecular weight excluding hydrogens is 389 g/mol. The zero-order chi connectivity index (χ0) is 15.0. The largest absolute Gasteiger partial charge is 0.278 e. The molecule has 0 bridgehead atoms. The fourth-order valence-corrected chi connectivity index (χ4v) is 3.04. The highest BCUT2D eigenvalue weighted by Gasteiger charge is 2.15. The highest BCUT2D eigenvalue weighted by atomic mass is 127. The molecule has 0 saturated heterocycles. The van der Waals surface area contributed by atoms with E-state index in [1.807, 2.05) is 23.1 Å². The normalized spacial score (nSPS) is 13.1. The van der Waals surface area contributed by atoms with Crippen LogP contribution in [0.15, 0.2) is 30.3 Å². The topological polar surface area (TPSA) is 46.6 Å². The molecule has 20 heavy (non-hydrogen) atoms. The summed E-state index contributed by atoms with van der Waals surface area (Å²) in [6, 6.07) is 10.1. The molecule has 4 nitrogen and oxygen atoms in total. The van der Waals surface area contributed by atoms with Crippen molar-refractivity contribution in [2.45, 2.75) is 10.5 Å². The van der Waals surface area contributed by atoms with Gasteiger partial charge in [-0.1, -0.05) is 58.8 Å². The van der Waals surface area contributed by atoms with E-state index in [2.05, 4.69) is 40.6 Å². The fraction of sp³-hybridized carbons (Fsp3) is 0.429. The third kappa shape index (κ3) is 7.24. The van der Waals surface area contributed by atoms with Gasteiger partial charge in [-0.05, 0) is 12.0 Å². The first-order chi connectivity index (χ1) is 9.42. The summed E-state index contributed by atoms with van der Waals surface area (Å²) in [4.78, 5) is 2.03. The van der Waals surface area contributed by atoms with E-state index in [1.54, 1.807) is 0 Å². The number of nitrogens with zero attached hydrogens (tertiary/aromatic N) is 1. The zero-order valence-electron chi connectivity index (χ0n) is 11.3. The standard InChI is InChI=1S/C14H18INO3S/c1-3-9-16(10-11-19-20(2,17)18)14(15)12-13-7-5-4-6-8-13/h1,4-8,14H,9-12H2,2H3. The first-order valence-corrected chi connectivity index (χ1v) is 9.18. The minimum atomic E-state index is -3.40. The predicted molar refractivity (Wildman–Crippen MR) is 89.2 cm³/mol. The Morgan fingerprint density at radius 2 is 2.05 bits per heavy atom. The summed E-state index contributed by atoms with van der Waals surface area (Å²) >= 11 is 2.32. The van der Waals surface area contributed by atoms with Crippen molar-refractivity contribution in [2.24, 2.45) is 0 Å². The van der Waals surface area contributed by atoms with Crippen LogP contribution in [0.2, 0.25) is 0 Å². The first kappa shape index (κ1) is 17.4. The Bertz CT molecular complexity index is 539. The van der Waals surface area contributed by atoms with E-state index in [9.17, 15) is 8.42 Å². The van der Waals surface area contributed by atoms with Crippen LogP contribution in [0.4, 0.5) is 0 Å². The second kappa shape index (κ2) is 8.62. The van der Waals surface area contributed by atoms with Crippen molar-refractivity contribution < 1.29 is 12.6 Å². The third-order valence-corrected chi connectivity index (χ3v) is 4.44. The molecular formula is C14H18INO3S. The monoisotopic (exact) mass is 407 g/mol. The Labute approximate surface area is 134 Å².